The number of halogens is 2. The summed E-state index contributed by atoms with van der Waals surface area (Å²) in [5.41, 5.74) is 2.04. The molecule has 0 amide bonds. The Kier molecular flexibility index (Phi) is 4.40. The van der Waals surface area contributed by atoms with Crippen molar-refractivity contribution in [3.63, 3.8) is 0 Å². The van der Waals surface area contributed by atoms with Gasteiger partial charge in [-0.2, -0.15) is 0 Å². The van der Waals surface area contributed by atoms with E-state index in [0.717, 1.165) is 5.56 Å². The molecule has 2 rings (SSSR count). The summed E-state index contributed by atoms with van der Waals surface area (Å²) in [6.07, 6.45) is 0. The molecule has 0 aliphatic heterocycles. The lowest BCUT2D eigenvalue weighted by molar-refractivity contribution is 0.281. The molecule has 2 aromatic carbocycles. The Morgan fingerprint density at radius 1 is 1.16 bits per heavy atom. The van der Waals surface area contributed by atoms with Gasteiger partial charge in [-0.15, -0.1) is 0 Å². The van der Waals surface area contributed by atoms with Crippen molar-refractivity contribution in [2.24, 2.45) is 0 Å². The average molecular weight is 280 g/mol. The third-order valence-corrected chi connectivity index (χ3v) is 3.21. The van der Waals surface area contributed by atoms with Crippen molar-refractivity contribution in [3.05, 3.63) is 64.4 Å². The summed E-state index contributed by atoms with van der Waals surface area (Å²) in [5.74, 6) is -0.331. The van der Waals surface area contributed by atoms with Crippen LogP contribution in [0.4, 0.5) is 10.1 Å². The lowest BCUT2D eigenvalue weighted by Gasteiger charge is -2.22. The smallest absolute Gasteiger partial charge is 0.146 e. The number of hydrogen-bond donors (Lipinski definition) is 1. The first-order valence-corrected chi connectivity index (χ1v) is 6.33. The molecule has 0 saturated heterocycles. The van der Waals surface area contributed by atoms with Gasteiger partial charge in [0.2, 0.25) is 0 Å². The maximum Gasteiger partial charge on any atom is 0.146 e. The van der Waals surface area contributed by atoms with Gasteiger partial charge < -0.3 is 10.0 Å². The van der Waals surface area contributed by atoms with E-state index in [4.69, 9.17) is 11.6 Å². The highest BCUT2D eigenvalue weighted by atomic mass is 35.5. The zero-order chi connectivity index (χ0) is 13.8. The van der Waals surface area contributed by atoms with E-state index in [2.05, 4.69) is 0 Å². The molecule has 2 aromatic rings. The largest absolute Gasteiger partial charge is 0.392 e. The van der Waals surface area contributed by atoms with E-state index in [-0.39, 0.29) is 12.4 Å². The molecule has 100 valence electrons. The first-order valence-electron chi connectivity index (χ1n) is 5.95. The molecule has 0 spiro atoms. The standard InChI is InChI=1S/C15H15ClFNO/c1-18(9-11-5-7-13(16)8-6-11)15-12(10-19)3-2-4-14(15)17/h2-8,19H,9-10H2,1H3. The van der Waals surface area contributed by atoms with Crippen LogP contribution in [0.15, 0.2) is 42.5 Å². The van der Waals surface area contributed by atoms with E-state index < -0.39 is 0 Å². The molecule has 0 fully saturated rings. The SMILES string of the molecule is CN(Cc1ccc(Cl)cc1)c1c(F)cccc1CO. The number of aliphatic hydroxyl groups is 1. The lowest BCUT2D eigenvalue weighted by Crippen LogP contribution is -2.19. The second kappa shape index (κ2) is 6.04. The van der Waals surface area contributed by atoms with Gasteiger partial charge >= 0.3 is 0 Å². The van der Waals surface area contributed by atoms with E-state index in [0.29, 0.717) is 22.8 Å². The Labute approximate surface area is 117 Å². The van der Waals surface area contributed by atoms with Gasteiger partial charge in [0.25, 0.3) is 0 Å². The van der Waals surface area contributed by atoms with Crippen molar-refractivity contribution >= 4 is 17.3 Å². The van der Waals surface area contributed by atoms with Crippen LogP contribution < -0.4 is 4.90 Å². The predicted octanol–water partition coefficient (Wildman–Crippen LogP) is 3.61. The maximum absolute atomic E-state index is 13.9. The van der Waals surface area contributed by atoms with Crippen LogP contribution in [0.3, 0.4) is 0 Å². The fraction of sp³-hybridized carbons (Fsp3) is 0.200. The number of benzene rings is 2. The highest BCUT2D eigenvalue weighted by Crippen LogP contribution is 2.25. The molecule has 2 nitrogen and oxygen atoms in total. The Balaban J connectivity index is 2.24. The monoisotopic (exact) mass is 279 g/mol. The van der Waals surface area contributed by atoms with E-state index in [9.17, 15) is 9.50 Å². The summed E-state index contributed by atoms with van der Waals surface area (Å²) in [6.45, 7) is 0.364. The molecule has 0 aliphatic carbocycles. The lowest BCUT2D eigenvalue weighted by atomic mass is 10.1. The van der Waals surface area contributed by atoms with Crippen LogP contribution in [0, 0.1) is 5.82 Å². The van der Waals surface area contributed by atoms with Crippen molar-refractivity contribution in [2.75, 3.05) is 11.9 Å². The van der Waals surface area contributed by atoms with Crippen molar-refractivity contribution < 1.29 is 9.50 Å². The molecule has 19 heavy (non-hydrogen) atoms. The summed E-state index contributed by atoms with van der Waals surface area (Å²) in [5, 5.41) is 9.96. The topological polar surface area (TPSA) is 23.5 Å². The number of hydrogen-bond acceptors (Lipinski definition) is 2. The Bertz CT molecular complexity index is 557. The first-order chi connectivity index (χ1) is 9.11. The fourth-order valence-corrected chi connectivity index (χ4v) is 2.18. The third kappa shape index (κ3) is 3.25. The molecule has 4 heteroatoms. The van der Waals surface area contributed by atoms with Crippen LogP contribution in [0.25, 0.3) is 0 Å². The Hall–Kier alpha value is -1.58. The number of aliphatic hydroxyl groups excluding tert-OH is 1. The fourth-order valence-electron chi connectivity index (χ4n) is 2.06. The zero-order valence-electron chi connectivity index (χ0n) is 10.6. The van der Waals surface area contributed by atoms with Crippen molar-refractivity contribution in [2.45, 2.75) is 13.2 Å². The second-order valence-corrected chi connectivity index (χ2v) is 4.82. The van der Waals surface area contributed by atoms with Gasteiger partial charge in [-0.3, -0.25) is 0 Å². The Morgan fingerprint density at radius 2 is 1.84 bits per heavy atom. The second-order valence-electron chi connectivity index (χ2n) is 4.39. The van der Waals surface area contributed by atoms with Crippen LogP contribution in [-0.2, 0) is 13.2 Å². The molecular weight excluding hydrogens is 265 g/mol. The van der Waals surface area contributed by atoms with Gasteiger partial charge in [-0.25, -0.2) is 4.39 Å². The molecule has 0 heterocycles. The van der Waals surface area contributed by atoms with Crippen LogP contribution in [0.5, 0.6) is 0 Å². The summed E-state index contributed by atoms with van der Waals surface area (Å²) in [7, 11) is 1.80. The van der Waals surface area contributed by atoms with Gasteiger partial charge in [0.1, 0.15) is 5.82 Å². The van der Waals surface area contributed by atoms with Gasteiger partial charge in [0, 0.05) is 24.2 Å². The van der Waals surface area contributed by atoms with Crippen molar-refractivity contribution in [3.8, 4) is 0 Å². The first kappa shape index (κ1) is 13.8. The number of anilines is 1. The van der Waals surface area contributed by atoms with Gasteiger partial charge in [0.15, 0.2) is 0 Å². The minimum atomic E-state index is -0.331. The summed E-state index contributed by atoms with van der Waals surface area (Å²) in [4.78, 5) is 1.78. The van der Waals surface area contributed by atoms with Gasteiger partial charge in [-0.1, -0.05) is 35.9 Å². The maximum atomic E-state index is 13.9. The molecule has 0 unspecified atom stereocenters. The molecular formula is C15H15ClFNO. The molecule has 0 aliphatic rings. The predicted molar refractivity (Wildman–Crippen MR) is 75.9 cm³/mol. The minimum absolute atomic E-state index is 0.182. The zero-order valence-corrected chi connectivity index (χ0v) is 11.4. The number of rotatable bonds is 4. The van der Waals surface area contributed by atoms with Crippen LogP contribution >= 0.6 is 11.6 Å². The quantitative estimate of drug-likeness (QED) is 0.924. The van der Waals surface area contributed by atoms with Crippen LogP contribution in [-0.4, -0.2) is 12.2 Å². The van der Waals surface area contributed by atoms with E-state index in [1.54, 1.807) is 36.2 Å². The molecule has 0 bridgehead atoms. The minimum Gasteiger partial charge on any atom is -0.392 e. The van der Waals surface area contributed by atoms with E-state index in [1.165, 1.54) is 6.07 Å². The van der Waals surface area contributed by atoms with Gasteiger partial charge in [0.05, 0.1) is 12.3 Å². The van der Waals surface area contributed by atoms with Crippen LogP contribution in [0.2, 0.25) is 5.02 Å². The normalized spacial score (nSPS) is 10.5. The van der Waals surface area contributed by atoms with E-state index >= 15 is 0 Å². The summed E-state index contributed by atoms with van der Waals surface area (Å²) < 4.78 is 13.9. The van der Waals surface area contributed by atoms with Crippen molar-refractivity contribution in [1.29, 1.82) is 0 Å². The molecule has 0 aromatic heterocycles. The molecule has 0 radical (unpaired) electrons. The van der Waals surface area contributed by atoms with Crippen molar-refractivity contribution in [1.82, 2.24) is 0 Å². The number of nitrogens with zero attached hydrogens (tertiary/aromatic N) is 1. The van der Waals surface area contributed by atoms with Crippen LogP contribution in [0.1, 0.15) is 11.1 Å². The highest BCUT2D eigenvalue weighted by molar-refractivity contribution is 6.30. The Morgan fingerprint density at radius 3 is 2.47 bits per heavy atom. The van der Waals surface area contributed by atoms with E-state index in [1.807, 2.05) is 12.1 Å². The third-order valence-electron chi connectivity index (χ3n) is 2.96. The molecule has 0 saturated carbocycles. The number of para-hydroxylation sites is 1. The average Bonchev–Trinajstić information content (AvgIpc) is 2.40. The summed E-state index contributed by atoms with van der Waals surface area (Å²) in [6, 6.07) is 12.1. The van der Waals surface area contributed by atoms with Gasteiger partial charge in [-0.05, 0) is 23.8 Å². The summed E-state index contributed by atoms with van der Waals surface area (Å²) >= 11 is 5.83. The highest BCUT2D eigenvalue weighted by Gasteiger charge is 2.12. The molecule has 1 N–H and O–H groups in total. The molecule has 0 atom stereocenters.